The molecule has 0 bridgehead atoms. The maximum Gasteiger partial charge on any atom is 0.0677 e. The molecule has 3 atom stereocenters. The summed E-state index contributed by atoms with van der Waals surface area (Å²) < 4.78 is 6.34. The van der Waals surface area contributed by atoms with E-state index in [2.05, 4.69) is 64.2 Å². The van der Waals surface area contributed by atoms with Crippen LogP contribution in [0.25, 0.3) is 0 Å². The van der Waals surface area contributed by atoms with Crippen LogP contribution in [0.4, 0.5) is 0 Å². The van der Waals surface area contributed by atoms with Crippen molar-refractivity contribution in [2.75, 3.05) is 6.54 Å². The number of benzene rings is 1. The summed E-state index contributed by atoms with van der Waals surface area (Å²) in [7, 11) is 0. The predicted molar refractivity (Wildman–Crippen MR) is 87.7 cm³/mol. The van der Waals surface area contributed by atoms with E-state index in [1.54, 1.807) is 5.56 Å². The van der Waals surface area contributed by atoms with Gasteiger partial charge < -0.3 is 10.1 Å². The molecule has 1 fully saturated rings. The molecule has 0 radical (unpaired) electrons. The fraction of sp³-hybridized carbons (Fsp3) is 0.684. The molecule has 2 aliphatic rings. The van der Waals surface area contributed by atoms with Crippen molar-refractivity contribution in [3.05, 3.63) is 35.4 Å². The Bertz CT molecular complexity index is 520. The number of nitrogens with one attached hydrogen (secondary N) is 1. The first-order valence-corrected chi connectivity index (χ1v) is 8.35. The van der Waals surface area contributed by atoms with Gasteiger partial charge in [-0.25, -0.2) is 0 Å². The Morgan fingerprint density at radius 3 is 2.52 bits per heavy atom. The van der Waals surface area contributed by atoms with Crippen LogP contribution in [0.5, 0.6) is 0 Å². The zero-order valence-corrected chi connectivity index (χ0v) is 14.1. The van der Waals surface area contributed by atoms with E-state index in [0.717, 1.165) is 13.0 Å². The molecule has 1 aliphatic carbocycles. The van der Waals surface area contributed by atoms with Crippen molar-refractivity contribution in [3.63, 3.8) is 0 Å². The topological polar surface area (TPSA) is 21.3 Å². The molecule has 0 saturated carbocycles. The molecule has 1 aromatic carbocycles. The molecule has 2 heteroatoms. The molecule has 2 nitrogen and oxygen atoms in total. The van der Waals surface area contributed by atoms with Crippen molar-refractivity contribution < 1.29 is 4.74 Å². The SMILES string of the molecule is CCNC(C1Cc2ccccc21)C1CC(C)(C)OC1(C)C. The summed E-state index contributed by atoms with van der Waals surface area (Å²) in [6.45, 7) is 12.2. The highest BCUT2D eigenvalue weighted by atomic mass is 16.5. The van der Waals surface area contributed by atoms with Gasteiger partial charge >= 0.3 is 0 Å². The van der Waals surface area contributed by atoms with E-state index in [-0.39, 0.29) is 11.2 Å². The Morgan fingerprint density at radius 2 is 1.95 bits per heavy atom. The van der Waals surface area contributed by atoms with Crippen molar-refractivity contribution in [1.29, 1.82) is 0 Å². The van der Waals surface area contributed by atoms with E-state index in [0.29, 0.717) is 17.9 Å². The Kier molecular flexibility index (Phi) is 3.66. The van der Waals surface area contributed by atoms with Crippen LogP contribution in [0.15, 0.2) is 24.3 Å². The van der Waals surface area contributed by atoms with E-state index in [9.17, 15) is 0 Å². The quantitative estimate of drug-likeness (QED) is 0.907. The Balaban J connectivity index is 1.87. The third kappa shape index (κ3) is 2.64. The minimum absolute atomic E-state index is 0.00883. The fourth-order valence-corrected chi connectivity index (χ4v) is 4.58. The summed E-state index contributed by atoms with van der Waals surface area (Å²) in [5, 5.41) is 3.78. The summed E-state index contributed by atoms with van der Waals surface area (Å²) in [5.41, 5.74) is 3.01. The molecule has 1 saturated heterocycles. The maximum atomic E-state index is 6.34. The van der Waals surface area contributed by atoms with E-state index in [4.69, 9.17) is 4.74 Å². The number of hydrogen-bond donors (Lipinski definition) is 1. The zero-order chi connectivity index (χ0) is 15.3. The van der Waals surface area contributed by atoms with Gasteiger partial charge in [-0.3, -0.25) is 0 Å². The molecular formula is C19H29NO. The highest BCUT2D eigenvalue weighted by molar-refractivity contribution is 5.41. The van der Waals surface area contributed by atoms with Gasteiger partial charge in [-0.1, -0.05) is 31.2 Å². The van der Waals surface area contributed by atoms with Gasteiger partial charge in [-0.15, -0.1) is 0 Å². The van der Waals surface area contributed by atoms with Crippen molar-refractivity contribution in [3.8, 4) is 0 Å². The van der Waals surface area contributed by atoms with Crippen LogP contribution in [0.1, 0.15) is 58.1 Å². The molecule has 116 valence electrons. The summed E-state index contributed by atoms with van der Waals surface area (Å²) >= 11 is 0. The second-order valence-corrected chi connectivity index (χ2v) is 7.87. The van der Waals surface area contributed by atoms with Gasteiger partial charge in [0.1, 0.15) is 0 Å². The summed E-state index contributed by atoms with van der Waals surface area (Å²) in [6.07, 6.45) is 2.34. The van der Waals surface area contributed by atoms with Crippen molar-refractivity contribution in [2.45, 2.75) is 70.6 Å². The van der Waals surface area contributed by atoms with Gasteiger partial charge in [0.25, 0.3) is 0 Å². The molecular weight excluding hydrogens is 258 g/mol. The second kappa shape index (κ2) is 5.10. The van der Waals surface area contributed by atoms with E-state index >= 15 is 0 Å². The molecule has 1 heterocycles. The summed E-state index contributed by atoms with van der Waals surface area (Å²) in [6, 6.07) is 9.43. The molecule has 1 aliphatic heterocycles. The third-order valence-corrected chi connectivity index (χ3v) is 5.34. The van der Waals surface area contributed by atoms with Crippen molar-refractivity contribution in [1.82, 2.24) is 5.32 Å². The minimum Gasteiger partial charge on any atom is -0.369 e. The highest BCUT2D eigenvalue weighted by Crippen LogP contribution is 2.49. The van der Waals surface area contributed by atoms with Crippen molar-refractivity contribution in [2.24, 2.45) is 5.92 Å². The van der Waals surface area contributed by atoms with E-state index in [1.165, 1.54) is 12.0 Å². The number of likely N-dealkylation sites (N-methyl/N-ethyl adjacent to an activating group) is 1. The first-order chi connectivity index (χ1) is 9.84. The molecule has 0 aromatic heterocycles. The van der Waals surface area contributed by atoms with Gasteiger partial charge in [0.15, 0.2) is 0 Å². The van der Waals surface area contributed by atoms with Crippen LogP contribution in [0.3, 0.4) is 0 Å². The standard InChI is InChI=1S/C19H29NO/c1-6-20-17(15-11-13-9-7-8-10-14(13)15)16-12-18(2,3)21-19(16,4)5/h7-10,15-17,20H,6,11-12H2,1-5H3. The Labute approximate surface area is 129 Å². The molecule has 1 aromatic rings. The zero-order valence-electron chi connectivity index (χ0n) is 14.1. The molecule has 0 amide bonds. The third-order valence-electron chi connectivity index (χ3n) is 5.34. The smallest absolute Gasteiger partial charge is 0.0677 e. The monoisotopic (exact) mass is 287 g/mol. The van der Waals surface area contributed by atoms with Gasteiger partial charge in [-0.2, -0.15) is 0 Å². The van der Waals surface area contributed by atoms with E-state index < -0.39 is 0 Å². The number of fused-ring (bicyclic) bond motifs is 1. The lowest BCUT2D eigenvalue weighted by atomic mass is 9.66. The predicted octanol–water partition coefficient (Wildman–Crippen LogP) is 3.90. The largest absolute Gasteiger partial charge is 0.369 e. The second-order valence-electron chi connectivity index (χ2n) is 7.87. The highest BCUT2D eigenvalue weighted by Gasteiger charge is 2.51. The summed E-state index contributed by atoms with van der Waals surface area (Å²) in [5.74, 6) is 1.20. The lowest BCUT2D eigenvalue weighted by molar-refractivity contribution is -0.0787. The van der Waals surface area contributed by atoms with Crippen LogP contribution in [-0.2, 0) is 11.2 Å². The number of hydrogen-bond acceptors (Lipinski definition) is 2. The lowest BCUT2D eigenvalue weighted by Gasteiger charge is -2.43. The molecule has 3 rings (SSSR count). The first kappa shape index (κ1) is 15.1. The number of ether oxygens (including phenoxy) is 1. The average molecular weight is 287 g/mol. The number of rotatable bonds is 4. The van der Waals surface area contributed by atoms with Crippen LogP contribution < -0.4 is 5.32 Å². The normalized spacial score (nSPS) is 30.5. The van der Waals surface area contributed by atoms with Crippen LogP contribution in [0.2, 0.25) is 0 Å². The Morgan fingerprint density at radius 1 is 1.24 bits per heavy atom. The van der Waals surface area contributed by atoms with Crippen molar-refractivity contribution >= 4 is 0 Å². The van der Waals surface area contributed by atoms with Gasteiger partial charge in [0, 0.05) is 17.9 Å². The van der Waals surface area contributed by atoms with Gasteiger partial charge in [-0.05, 0) is 58.2 Å². The van der Waals surface area contributed by atoms with Gasteiger partial charge in [0.05, 0.1) is 11.2 Å². The van der Waals surface area contributed by atoms with Crippen LogP contribution >= 0.6 is 0 Å². The molecule has 1 N–H and O–H groups in total. The maximum absolute atomic E-state index is 6.34. The summed E-state index contributed by atoms with van der Waals surface area (Å²) in [4.78, 5) is 0. The molecule has 0 spiro atoms. The fourth-order valence-electron chi connectivity index (χ4n) is 4.58. The first-order valence-electron chi connectivity index (χ1n) is 8.35. The molecule has 3 unspecified atom stereocenters. The lowest BCUT2D eigenvalue weighted by Crippen LogP contribution is -2.50. The van der Waals surface area contributed by atoms with Crippen LogP contribution in [-0.4, -0.2) is 23.8 Å². The average Bonchev–Trinajstić information content (AvgIpc) is 2.58. The van der Waals surface area contributed by atoms with Crippen LogP contribution in [0, 0.1) is 5.92 Å². The Hall–Kier alpha value is -0.860. The molecule has 21 heavy (non-hydrogen) atoms. The van der Waals surface area contributed by atoms with Gasteiger partial charge in [0.2, 0.25) is 0 Å². The van der Waals surface area contributed by atoms with E-state index in [1.807, 2.05) is 0 Å². The minimum atomic E-state index is -0.0547.